The summed E-state index contributed by atoms with van der Waals surface area (Å²) in [7, 11) is -3.35. The predicted molar refractivity (Wildman–Crippen MR) is 86.2 cm³/mol. The van der Waals surface area contributed by atoms with Crippen molar-refractivity contribution in [2.45, 2.75) is 25.7 Å². The van der Waals surface area contributed by atoms with Crippen LogP contribution < -0.4 is 9.62 Å². The molecular weight excluding hydrogens is 356 g/mol. The van der Waals surface area contributed by atoms with Crippen molar-refractivity contribution in [2.24, 2.45) is 5.92 Å². The minimum Gasteiger partial charge on any atom is -0.312 e. The van der Waals surface area contributed by atoms with Crippen molar-refractivity contribution in [2.75, 3.05) is 20.8 Å². The number of amides is 1. The molecule has 1 heterocycles. The quantitative estimate of drug-likeness (QED) is 0.825. The largest absolute Gasteiger partial charge is 0.312 e. The highest BCUT2D eigenvalue weighted by Crippen LogP contribution is 2.36. The van der Waals surface area contributed by atoms with Gasteiger partial charge in [0.05, 0.1) is 0 Å². The zero-order valence-corrected chi connectivity index (χ0v) is 13.9. The van der Waals surface area contributed by atoms with Gasteiger partial charge in [-0.1, -0.05) is 15.9 Å². The highest BCUT2D eigenvalue weighted by molar-refractivity contribution is 9.10. The number of carbonyl (C=O) groups is 1. The summed E-state index contributed by atoms with van der Waals surface area (Å²) in [5.41, 5.74) is 2.51. The van der Waals surface area contributed by atoms with Gasteiger partial charge in [0.1, 0.15) is 4.66 Å². The minimum atomic E-state index is -3.35. The number of sulfonamides is 1. The molecule has 1 aromatic carbocycles. The Morgan fingerprint density at radius 1 is 1.38 bits per heavy atom. The van der Waals surface area contributed by atoms with Crippen molar-refractivity contribution in [3.63, 3.8) is 0 Å². The van der Waals surface area contributed by atoms with Crippen LogP contribution in [0, 0.1) is 5.92 Å². The molecule has 1 fully saturated rings. The van der Waals surface area contributed by atoms with Crippen LogP contribution >= 0.6 is 15.9 Å². The van der Waals surface area contributed by atoms with Gasteiger partial charge in [-0.3, -0.25) is 9.52 Å². The lowest BCUT2D eigenvalue weighted by Gasteiger charge is -2.30. The maximum absolute atomic E-state index is 12.3. The van der Waals surface area contributed by atoms with E-state index >= 15 is 0 Å². The van der Waals surface area contributed by atoms with Gasteiger partial charge in [0.25, 0.3) is 0 Å². The number of nitrogens with one attached hydrogen (secondary N) is 1. The van der Waals surface area contributed by atoms with E-state index < -0.39 is 10.0 Å². The first kappa shape index (κ1) is 14.8. The SMILES string of the molecule is O=C(C1CC1)N1CCCc2cc(NS(=O)(=O)CBr)ccc21. The highest BCUT2D eigenvalue weighted by atomic mass is 79.9. The second-order valence-electron chi connectivity index (χ2n) is 5.54. The monoisotopic (exact) mass is 372 g/mol. The summed E-state index contributed by atoms with van der Waals surface area (Å²) in [4.78, 5) is 14.2. The molecular formula is C14H17BrN2O3S. The van der Waals surface area contributed by atoms with E-state index in [1.807, 2.05) is 17.0 Å². The number of aryl methyl sites for hydroxylation is 1. The van der Waals surface area contributed by atoms with Gasteiger partial charge >= 0.3 is 0 Å². The van der Waals surface area contributed by atoms with E-state index in [0.717, 1.165) is 43.5 Å². The molecule has 0 aromatic heterocycles. The Morgan fingerprint density at radius 3 is 2.81 bits per heavy atom. The van der Waals surface area contributed by atoms with Crippen molar-refractivity contribution < 1.29 is 13.2 Å². The summed E-state index contributed by atoms with van der Waals surface area (Å²) in [6.07, 6.45) is 3.77. The summed E-state index contributed by atoms with van der Waals surface area (Å²) in [5.74, 6) is 0.410. The average Bonchev–Trinajstić information content (AvgIpc) is 3.30. The third-order valence-corrected chi connectivity index (χ3v) is 6.45. The minimum absolute atomic E-state index is 0.136. The molecule has 0 radical (unpaired) electrons. The van der Waals surface area contributed by atoms with Crippen molar-refractivity contribution >= 4 is 43.2 Å². The molecule has 1 aromatic rings. The zero-order valence-electron chi connectivity index (χ0n) is 11.5. The lowest BCUT2D eigenvalue weighted by atomic mass is 10.0. The van der Waals surface area contributed by atoms with Crippen LogP contribution in [0.1, 0.15) is 24.8 Å². The Kier molecular flexibility index (Phi) is 3.96. The fraction of sp³-hybridized carbons (Fsp3) is 0.500. The number of anilines is 2. The molecule has 7 heteroatoms. The molecule has 0 bridgehead atoms. The van der Waals surface area contributed by atoms with Crippen LogP contribution in [0.15, 0.2) is 18.2 Å². The van der Waals surface area contributed by atoms with E-state index in [2.05, 4.69) is 20.7 Å². The maximum Gasteiger partial charge on any atom is 0.242 e. The van der Waals surface area contributed by atoms with Gasteiger partial charge in [0, 0.05) is 23.8 Å². The summed E-state index contributed by atoms with van der Waals surface area (Å²) in [5, 5.41) is 0. The van der Waals surface area contributed by atoms with Crippen LogP contribution in [-0.2, 0) is 21.2 Å². The highest BCUT2D eigenvalue weighted by Gasteiger charge is 2.35. The Hall–Kier alpha value is -1.08. The number of carbonyl (C=O) groups excluding carboxylic acids is 1. The van der Waals surface area contributed by atoms with Crippen molar-refractivity contribution in [3.05, 3.63) is 23.8 Å². The van der Waals surface area contributed by atoms with E-state index in [-0.39, 0.29) is 16.5 Å². The molecule has 1 aliphatic carbocycles. The van der Waals surface area contributed by atoms with Crippen LogP contribution in [0.4, 0.5) is 11.4 Å². The molecule has 114 valence electrons. The van der Waals surface area contributed by atoms with E-state index in [1.165, 1.54) is 0 Å². The first-order valence-corrected chi connectivity index (χ1v) is 9.78. The first-order valence-electron chi connectivity index (χ1n) is 7.01. The summed E-state index contributed by atoms with van der Waals surface area (Å²) >= 11 is 2.95. The van der Waals surface area contributed by atoms with E-state index in [4.69, 9.17) is 0 Å². The number of fused-ring (bicyclic) bond motifs is 1. The van der Waals surface area contributed by atoms with E-state index in [9.17, 15) is 13.2 Å². The standard InChI is InChI=1S/C14H17BrN2O3S/c15-9-21(19,20)16-12-5-6-13-11(8-12)2-1-7-17(13)14(18)10-3-4-10/h5-6,8,10,16H,1-4,7,9H2. The molecule has 5 nitrogen and oxygen atoms in total. The van der Waals surface area contributed by atoms with Crippen molar-refractivity contribution in [1.29, 1.82) is 0 Å². The van der Waals surface area contributed by atoms with Gasteiger partial charge in [-0.2, -0.15) is 0 Å². The van der Waals surface area contributed by atoms with Crippen LogP contribution in [0.25, 0.3) is 0 Å². The molecule has 3 rings (SSSR count). The fourth-order valence-electron chi connectivity index (χ4n) is 2.65. The molecule has 1 saturated carbocycles. The van der Waals surface area contributed by atoms with Gasteiger partial charge in [-0.15, -0.1) is 0 Å². The topological polar surface area (TPSA) is 66.5 Å². The average molecular weight is 373 g/mol. The summed E-state index contributed by atoms with van der Waals surface area (Å²) in [6, 6.07) is 5.40. The molecule has 1 amide bonds. The summed E-state index contributed by atoms with van der Waals surface area (Å²) in [6.45, 7) is 0.759. The molecule has 2 aliphatic rings. The summed E-state index contributed by atoms with van der Waals surface area (Å²) < 4.78 is 25.6. The number of hydrogen-bond acceptors (Lipinski definition) is 3. The molecule has 0 spiro atoms. The Bertz CT molecular complexity index is 671. The first-order chi connectivity index (χ1) is 10.00. The van der Waals surface area contributed by atoms with Crippen LogP contribution in [0.5, 0.6) is 0 Å². The Balaban J connectivity index is 1.86. The van der Waals surface area contributed by atoms with Crippen molar-refractivity contribution in [3.8, 4) is 0 Å². The molecule has 1 aliphatic heterocycles. The second kappa shape index (κ2) is 5.61. The number of rotatable bonds is 4. The number of alkyl halides is 1. The third kappa shape index (κ3) is 3.23. The van der Waals surface area contributed by atoms with Gasteiger partial charge < -0.3 is 4.90 Å². The fourth-order valence-corrected chi connectivity index (χ4v) is 3.53. The van der Waals surface area contributed by atoms with Gasteiger partial charge in [0.15, 0.2) is 0 Å². The Morgan fingerprint density at radius 2 is 2.14 bits per heavy atom. The van der Waals surface area contributed by atoms with Crippen LogP contribution in [-0.4, -0.2) is 25.5 Å². The zero-order chi connectivity index (χ0) is 15.0. The lowest BCUT2D eigenvalue weighted by Crippen LogP contribution is -2.36. The third-order valence-electron chi connectivity index (χ3n) is 3.81. The van der Waals surface area contributed by atoms with E-state index in [1.54, 1.807) is 6.07 Å². The predicted octanol–water partition coefficient (Wildman–Crippen LogP) is 2.47. The molecule has 0 saturated heterocycles. The number of nitrogens with zero attached hydrogens (tertiary/aromatic N) is 1. The lowest BCUT2D eigenvalue weighted by molar-refractivity contribution is -0.119. The van der Waals surface area contributed by atoms with Gasteiger partial charge in [-0.25, -0.2) is 8.42 Å². The molecule has 0 atom stereocenters. The van der Waals surface area contributed by atoms with Crippen molar-refractivity contribution in [1.82, 2.24) is 0 Å². The Labute approximate surface area is 132 Å². The van der Waals surface area contributed by atoms with Gasteiger partial charge in [-0.05, 0) is 49.4 Å². The molecule has 0 unspecified atom stereocenters. The van der Waals surface area contributed by atoms with E-state index in [0.29, 0.717) is 5.69 Å². The number of hydrogen-bond donors (Lipinski definition) is 1. The molecule has 1 N–H and O–H groups in total. The second-order valence-corrected chi connectivity index (χ2v) is 8.56. The van der Waals surface area contributed by atoms with Crippen LogP contribution in [0.3, 0.4) is 0 Å². The number of benzene rings is 1. The number of halogens is 1. The normalized spacial score (nSPS) is 18.2. The van der Waals surface area contributed by atoms with Crippen LogP contribution in [0.2, 0.25) is 0 Å². The smallest absolute Gasteiger partial charge is 0.242 e. The van der Waals surface area contributed by atoms with Gasteiger partial charge in [0.2, 0.25) is 15.9 Å². The maximum atomic E-state index is 12.3. The molecule has 21 heavy (non-hydrogen) atoms.